The van der Waals surface area contributed by atoms with Crippen LogP contribution in [0.4, 0.5) is 0 Å². The Kier molecular flexibility index (Phi) is 4.93. The van der Waals surface area contributed by atoms with E-state index < -0.39 is 0 Å². The molecule has 0 aliphatic rings. The summed E-state index contributed by atoms with van der Waals surface area (Å²) in [7, 11) is 0. The van der Waals surface area contributed by atoms with Gasteiger partial charge in [0.25, 0.3) is 0 Å². The lowest BCUT2D eigenvalue weighted by molar-refractivity contribution is -0.122. The summed E-state index contributed by atoms with van der Waals surface area (Å²) in [5.74, 6) is 0.231. The lowest BCUT2D eigenvalue weighted by Crippen LogP contribution is -2.31. The molecule has 1 heterocycles. The molecule has 130 valence electrons. The lowest BCUT2D eigenvalue weighted by Gasteiger charge is -2.21. The Hall–Kier alpha value is -2.55. The molecule has 0 saturated carbocycles. The Bertz CT molecular complexity index is 843. The number of H-pyrrole nitrogens is 1. The molecule has 2 N–H and O–H groups in total. The van der Waals surface area contributed by atoms with Crippen LogP contribution >= 0.6 is 0 Å². The first-order chi connectivity index (χ1) is 11.9. The molecule has 3 heteroatoms. The molecule has 0 spiro atoms. The molecule has 0 fully saturated rings. The van der Waals surface area contributed by atoms with Crippen LogP contribution in [0.1, 0.15) is 44.2 Å². The van der Waals surface area contributed by atoms with Gasteiger partial charge in [0.05, 0.1) is 0 Å². The highest BCUT2D eigenvalue weighted by atomic mass is 16.1. The number of rotatable bonds is 5. The maximum atomic E-state index is 12.3. The van der Waals surface area contributed by atoms with Crippen molar-refractivity contribution in [2.24, 2.45) is 5.41 Å². The van der Waals surface area contributed by atoms with E-state index in [0.29, 0.717) is 13.0 Å². The van der Waals surface area contributed by atoms with Gasteiger partial charge >= 0.3 is 0 Å². The molecule has 0 aliphatic heterocycles. The zero-order chi connectivity index (χ0) is 17.9. The highest BCUT2D eigenvalue weighted by Crippen LogP contribution is 2.30. The number of aromatic nitrogens is 1. The second-order valence-corrected chi connectivity index (χ2v) is 7.79. The van der Waals surface area contributed by atoms with Crippen molar-refractivity contribution in [2.75, 3.05) is 6.54 Å². The summed E-state index contributed by atoms with van der Waals surface area (Å²) in [5, 5.41) is 4.35. The number of hydrogen-bond donors (Lipinski definition) is 2. The summed E-state index contributed by atoms with van der Waals surface area (Å²) >= 11 is 0. The van der Waals surface area contributed by atoms with Crippen molar-refractivity contribution in [3.8, 4) is 0 Å². The normalized spacial score (nSPS) is 12.9. The zero-order valence-corrected chi connectivity index (χ0v) is 15.2. The maximum Gasteiger partial charge on any atom is 0.220 e. The largest absolute Gasteiger partial charge is 0.361 e. The van der Waals surface area contributed by atoms with Crippen LogP contribution < -0.4 is 5.32 Å². The van der Waals surface area contributed by atoms with Crippen LogP contribution in [0.15, 0.2) is 60.8 Å². The van der Waals surface area contributed by atoms with Gasteiger partial charge in [-0.1, -0.05) is 69.3 Å². The number of hydrogen-bond acceptors (Lipinski definition) is 1. The second-order valence-electron chi connectivity index (χ2n) is 7.79. The first kappa shape index (κ1) is 17.3. The predicted octanol–water partition coefficient (Wildman–Crippen LogP) is 4.85. The minimum atomic E-state index is -0.00684. The molecule has 25 heavy (non-hydrogen) atoms. The van der Waals surface area contributed by atoms with Gasteiger partial charge in [-0.15, -0.1) is 0 Å². The van der Waals surface area contributed by atoms with Gasteiger partial charge in [0.1, 0.15) is 0 Å². The highest BCUT2D eigenvalue weighted by Gasteiger charge is 2.21. The summed E-state index contributed by atoms with van der Waals surface area (Å²) < 4.78 is 0. The van der Waals surface area contributed by atoms with Crippen LogP contribution in [0.2, 0.25) is 0 Å². The molecule has 2 aromatic carbocycles. The number of para-hydroxylation sites is 1. The van der Waals surface area contributed by atoms with Gasteiger partial charge in [-0.25, -0.2) is 0 Å². The molecule has 3 rings (SSSR count). The fourth-order valence-corrected chi connectivity index (χ4v) is 3.24. The van der Waals surface area contributed by atoms with Crippen molar-refractivity contribution in [1.82, 2.24) is 10.3 Å². The average Bonchev–Trinajstić information content (AvgIpc) is 2.99. The Morgan fingerprint density at radius 2 is 1.72 bits per heavy atom. The minimum Gasteiger partial charge on any atom is -0.361 e. The molecule has 0 aliphatic carbocycles. The van der Waals surface area contributed by atoms with Gasteiger partial charge < -0.3 is 10.3 Å². The number of aromatic amines is 1. The van der Waals surface area contributed by atoms with Crippen LogP contribution in [0.5, 0.6) is 0 Å². The lowest BCUT2D eigenvalue weighted by atomic mass is 9.89. The minimum absolute atomic E-state index is 0.00684. The van der Waals surface area contributed by atoms with Crippen LogP contribution in [-0.4, -0.2) is 17.4 Å². The molecule has 1 unspecified atom stereocenters. The number of carbonyl (C=O) groups excluding carboxylic acids is 1. The van der Waals surface area contributed by atoms with E-state index in [-0.39, 0.29) is 17.2 Å². The topological polar surface area (TPSA) is 44.9 Å². The van der Waals surface area contributed by atoms with E-state index in [2.05, 4.69) is 67.6 Å². The second kappa shape index (κ2) is 7.14. The van der Waals surface area contributed by atoms with Gasteiger partial charge in [0, 0.05) is 36.0 Å². The third kappa shape index (κ3) is 4.30. The average molecular weight is 334 g/mol. The molecule has 1 aromatic heterocycles. The third-order valence-corrected chi connectivity index (χ3v) is 4.39. The van der Waals surface area contributed by atoms with Crippen molar-refractivity contribution in [2.45, 2.75) is 33.1 Å². The summed E-state index contributed by atoms with van der Waals surface area (Å²) in [6, 6.07) is 18.7. The van der Waals surface area contributed by atoms with Crippen molar-refractivity contribution in [3.05, 3.63) is 71.9 Å². The Morgan fingerprint density at radius 3 is 2.44 bits per heavy atom. The number of amides is 1. The fourth-order valence-electron chi connectivity index (χ4n) is 3.24. The van der Waals surface area contributed by atoms with Gasteiger partial charge in [0.2, 0.25) is 5.91 Å². The Balaban J connectivity index is 1.88. The standard InChI is InChI=1S/C22H26N2O/c1-22(2,3)13-21(25)24-14-18(16-9-5-4-6-10-16)19-15-23-20-12-8-7-11-17(19)20/h4-12,15,18,23H,13-14H2,1-3H3,(H,24,25). The molecule has 0 bridgehead atoms. The maximum absolute atomic E-state index is 12.3. The number of fused-ring (bicyclic) bond motifs is 1. The van der Waals surface area contributed by atoms with E-state index in [0.717, 1.165) is 5.52 Å². The molecule has 3 aromatic rings. The Labute approximate surface area is 149 Å². The summed E-state index contributed by atoms with van der Waals surface area (Å²) in [6.07, 6.45) is 2.60. The first-order valence-corrected chi connectivity index (χ1v) is 8.82. The van der Waals surface area contributed by atoms with Crippen LogP contribution in [0, 0.1) is 5.41 Å². The van der Waals surface area contributed by atoms with E-state index in [1.807, 2.05) is 24.3 Å². The monoisotopic (exact) mass is 334 g/mol. The number of carbonyl (C=O) groups is 1. The van der Waals surface area contributed by atoms with Crippen molar-refractivity contribution >= 4 is 16.8 Å². The van der Waals surface area contributed by atoms with Gasteiger partial charge in [-0.3, -0.25) is 4.79 Å². The van der Waals surface area contributed by atoms with Crippen LogP contribution in [0.3, 0.4) is 0 Å². The zero-order valence-electron chi connectivity index (χ0n) is 15.2. The molecule has 1 amide bonds. The van der Waals surface area contributed by atoms with Gasteiger partial charge in [-0.05, 0) is 22.6 Å². The van der Waals surface area contributed by atoms with Crippen molar-refractivity contribution < 1.29 is 4.79 Å². The predicted molar refractivity (Wildman–Crippen MR) is 104 cm³/mol. The summed E-state index contributed by atoms with van der Waals surface area (Å²) in [4.78, 5) is 15.7. The molecular formula is C22H26N2O. The van der Waals surface area contributed by atoms with Crippen molar-refractivity contribution in [1.29, 1.82) is 0 Å². The SMILES string of the molecule is CC(C)(C)CC(=O)NCC(c1ccccc1)c1c[nH]c2ccccc12. The van der Waals surface area contributed by atoms with Crippen LogP contribution in [0.25, 0.3) is 10.9 Å². The van der Waals surface area contributed by atoms with Crippen LogP contribution in [-0.2, 0) is 4.79 Å². The Morgan fingerprint density at radius 1 is 1.04 bits per heavy atom. The van der Waals surface area contributed by atoms with Gasteiger partial charge in [0.15, 0.2) is 0 Å². The van der Waals surface area contributed by atoms with E-state index in [9.17, 15) is 4.79 Å². The molecule has 0 saturated heterocycles. The fraction of sp³-hybridized carbons (Fsp3) is 0.318. The summed E-state index contributed by atoms with van der Waals surface area (Å²) in [6.45, 7) is 6.85. The smallest absolute Gasteiger partial charge is 0.220 e. The molecular weight excluding hydrogens is 308 g/mol. The third-order valence-electron chi connectivity index (χ3n) is 4.39. The molecule has 0 radical (unpaired) electrons. The number of benzene rings is 2. The van der Waals surface area contributed by atoms with Gasteiger partial charge in [-0.2, -0.15) is 0 Å². The number of nitrogens with one attached hydrogen (secondary N) is 2. The van der Waals surface area contributed by atoms with E-state index in [1.54, 1.807) is 0 Å². The summed E-state index contributed by atoms with van der Waals surface area (Å²) in [5.41, 5.74) is 3.55. The molecule has 1 atom stereocenters. The van der Waals surface area contributed by atoms with E-state index in [1.165, 1.54) is 16.5 Å². The molecule has 3 nitrogen and oxygen atoms in total. The highest BCUT2D eigenvalue weighted by molar-refractivity contribution is 5.84. The quantitative estimate of drug-likeness (QED) is 0.688. The first-order valence-electron chi connectivity index (χ1n) is 8.82. The van der Waals surface area contributed by atoms with E-state index >= 15 is 0 Å². The van der Waals surface area contributed by atoms with E-state index in [4.69, 9.17) is 0 Å². The van der Waals surface area contributed by atoms with Crippen molar-refractivity contribution in [3.63, 3.8) is 0 Å².